The molecule has 0 aliphatic rings. The number of aryl methyl sites for hydroxylation is 1. The molecule has 2 rings (SSSR count). The van der Waals surface area contributed by atoms with E-state index >= 15 is 0 Å². The number of H-pyrrole nitrogens is 1. The molecule has 17 heavy (non-hydrogen) atoms. The van der Waals surface area contributed by atoms with Gasteiger partial charge in [-0.25, -0.2) is 0 Å². The van der Waals surface area contributed by atoms with Gasteiger partial charge in [0, 0.05) is 0 Å². The third kappa shape index (κ3) is 2.30. The van der Waals surface area contributed by atoms with Crippen LogP contribution in [0, 0.1) is 6.92 Å². The predicted molar refractivity (Wildman–Crippen MR) is 62.3 cm³/mol. The van der Waals surface area contributed by atoms with Gasteiger partial charge in [-0.2, -0.15) is 5.10 Å². The Kier molecular flexibility index (Phi) is 2.86. The Morgan fingerprint density at radius 1 is 1.59 bits per heavy atom. The van der Waals surface area contributed by atoms with Gasteiger partial charge in [-0.1, -0.05) is 0 Å². The molecule has 1 amide bonds. The number of aromatic nitrogens is 2. The van der Waals surface area contributed by atoms with Gasteiger partial charge in [0.2, 0.25) is 0 Å². The minimum absolute atomic E-state index is 0.223. The summed E-state index contributed by atoms with van der Waals surface area (Å²) in [4.78, 5) is 11.8. The fraction of sp³-hybridized carbons (Fsp3) is 0.273. The van der Waals surface area contributed by atoms with Crippen molar-refractivity contribution in [1.29, 1.82) is 0 Å². The highest BCUT2D eigenvalue weighted by atomic mass is 16.3. The smallest absolute Gasteiger partial charge is 0.272 e. The molecule has 0 spiro atoms. The average molecular weight is 234 g/mol. The highest BCUT2D eigenvalue weighted by Crippen LogP contribution is 2.16. The Hall–Kier alpha value is -2.24. The molecule has 6 heteroatoms. The second-order valence-electron chi connectivity index (χ2n) is 3.84. The van der Waals surface area contributed by atoms with Crippen LogP contribution in [0.15, 0.2) is 22.7 Å². The summed E-state index contributed by atoms with van der Waals surface area (Å²) in [7, 11) is 0. The van der Waals surface area contributed by atoms with E-state index in [1.807, 2.05) is 26.0 Å². The Morgan fingerprint density at radius 2 is 2.35 bits per heavy atom. The maximum Gasteiger partial charge on any atom is 0.272 e. The molecular formula is C11H14N4O2. The summed E-state index contributed by atoms with van der Waals surface area (Å²) in [6, 6.07) is 3.46. The lowest BCUT2D eigenvalue weighted by molar-refractivity contribution is 0.0931. The molecule has 90 valence electrons. The van der Waals surface area contributed by atoms with Crippen LogP contribution in [0.25, 0.3) is 0 Å². The number of carbonyl (C=O) groups is 1. The molecule has 0 saturated carbocycles. The van der Waals surface area contributed by atoms with Crippen LogP contribution in [0.4, 0.5) is 5.69 Å². The molecule has 1 atom stereocenters. The zero-order chi connectivity index (χ0) is 12.4. The monoisotopic (exact) mass is 234 g/mol. The first-order chi connectivity index (χ1) is 8.08. The Bertz CT molecular complexity index is 529. The molecular weight excluding hydrogens is 220 g/mol. The molecule has 2 aromatic heterocycles. The molecule has 2 heterocycles. The van der Waals surface area contributed by atoms with Crippen molar-refractivity contribution in [2.45, 2.75) is 19.9 Å². The first-order valence-electron chi connectivity index (χ1n) is 5.24. The zero-order valence-electron chi connectivity index (χ0n) is 9.65. The number of carbonyl (C=O) groups excluding carboxylic acids is 1. The second-order valence-corrected chi connectivity index (χ2v) is 3.84. The lowest BCUT2D eigenvalue weighted by Gasteiger charge is -2.10. The Morgan fingerprint density at radius 3 is 2.88 bits per heavy atom. The SMILES string of the molecule is Cc1ccc(C(C)NC(=O)c2[nH]ncc2N)o1. The summed E-state index contributed by atoms with van der Waals surface area (Å²) in [5, 5.41) is 9.01. The van der Waals surface area contributed by atoms with Crippen molar-refractivity contribution in [2.75, 3.05) is 5.73 Å². The number of hydrogen-bond donors (Lipinski definition) is 3. The average Bonchev–Trinajstić information content (AvgIpc) is 2.86. The van der Waals surface area contributed by atoms with Crippen LogP contribution in [0.5, 0.6) is 0 Å². The van der Waals surface area contributed by atoms with E-state index in [0.29, 0.717) is 11.4 Å². The van der Waals surface area contributed by atoms with Gasteiger partial charge in [0.15, 0.2) is 0 Å². The fourth-order valence-electron chi connectivity index (χ4n) is 1.50. The van der Waals surface area contributed by atoms with E-state index in [4.69, 9.17) is 10.2 Å². The van der Waals surface area contributed by atoms with Gasteiger partial charge in [0.1, 0.15) is 17.2 Å². The summed E-state index contributed by atoms with van der Waals surface area (Å²) in [6.07, 6.45) is 1.40. The zero-order valence-corrected chi connectivity index (χ0v) is 9.65. The highest BCUT2D eigenvalue weighted by Gasteiger charge is 2.17. The van der Waals surface area contributed by atoms with Gasteiger partial charge >= 0.3 is 0 Å². The molecule has 0 aliphatic heterocycles. The third-order valence-corrected chi connectivity index (χ3v) is 2.43. The largest absolute Gasteiger partial charge is 0.464 e. The van der Waals surface area contributed by atoms with Crippen LogP contribution in [0.2, 0.25) is 0 Å². The topological polar surface area (TPSA) is 96.9 Å². The first kappa shape index (κ1) is 11.3. The van der Waals surface area contributed by atoms with Crippen molar-refractivity contribution in [2.24, 2.45) is 0 Å². The second kappa shape index (κ2) is 4.32. The quantitative estimate of drug-likeness (QED) is 0.747. The normalized spacial score (nSPS) is 12.4. The summed E-state index contributed by atoms with van der Waals surface area (Å²) < 4.78 is 5.42. The van der Waals surface area contributed by atoms with Crippen LogP contribution in [0.3, 0.4) is 0 Å². The Balaban J connectivity index is 2.07. The number of rotatable bonds is 3. The minimum Gasteiger partial charge on any atom is -0.464 e. The maximum absolute atomic E-state index is 11.8. The van der Waals surface area contributed by atoms with Crippen molar-refractivity contribution in [3.8, 4) is 0 Å². The Labute approximate surface area is 98.2 Å². The number of hydrogen-bond acceptors (Lipinski definition) is 4. The minimum atomic E-state index is -0.304. The van der Waals surface area contributed by atoms with E-state index in [0.717, 1.165) is 5.76 Å². The molecule has 0 radical (unpaired) electrons. The number of furan rings is 1. The molecule has 2 aromatic rings. The molecule has 0 aromatic carbocycles. The van der Waals surface area contributed by atoms with Crippen molar-refractivity contribution in [3.05, 3.63) is 35.5 Å². The molecule has 4 N–H and O–H groups in total. The standard InChI is InChI=1S/C11H14N4O2/c1-6-3-4-9(17-6)7(2)14-11(16)10-8(12)5-13-15-10/h3-5,7H,12H2,1-2H3,(H,13,15)(H,14,16). The molecule has 1 unspecified atom stereocenters. The lowest BCUT2D eigenvalue weighted by atomic mass is 10.2. The number of amides is 1. The number of nitrogens with two attached hydrogens (primary N) is 1. The molecule has 6 nitrogen and oxygen atoms in total. The number of nitrogen functional groups attached to an aromatic ring is 1. The molecule has 0 aliphatic carbocycles. The van der Waals surface area contributed by atoms with Crippen LogP contribution < -0.4 is 11.1 Å². The van der Waals surface area contributed by atoms with E-state index in [9.17, 15) is 4.79 Å². The van der Waals surface area contributed by atoms with Gasteiger partial charge in [-0.15, -0.1) is 0 Å². The van der Waals surface area contributed by atoms with Crippen LogP contribution in [0.1, 0.15) is 35.0 Å². The first-order valence-corrected chi connectivity index (χ1v) is 5.24. The fourth-order valence-corrected chi connectivity index (χ4v) is 1.50. The van der Waals surface area contributed by atoms with Crippen LogP contribution >= 0.6 is 0 Å². The summed E-state index contributed by atoms with van der Waals surface area (Å²) >= 11 is 0. The predicted octanol–water partition coefficient (Wildman–Crippen LogP) is 1.38. The van der Waals surface area contributed by atoms with E-state index in [1.54, 1.807) is 0 Å². The van der Waals surface area contributed by atoms with E-state index in [2.05, 4.69) is 15.5 Å². The van der Waals surface area contributed by atoms with Crippen LogP contribution in [-0.2, 0) is 0 Å². The van der Waals surface area contributed by atoms with E-state index in [1.165, 1.54) is 6.20 Å². The van der Waals surface area contributed by atoms with Crippen LogP contribution in [-0.4, -0.2) is 16.1 Å². The van der Waals surface area contributed by atoms with Gasteiger partial charge < -0.3 is 15.5 Å². The number of aromatic amines is 1. The van der Waals surface area contributed by atoms with E-state index in [-0.39, 0.29) is 17.6 Å². The number of nitrogens with zero attached hydrogens (tertiary/aromatic N) is 1. The maximum atomic E-state index is 11.8. The van der Waals surface area contributed by atoms with Crippen molar-refractivity contribution in [3.63, 3.8) is 0 Å². The third-order valence-electron chi connectivity index (χ3n) is 2.43. The number of nitrogens with one attached hydrogen (secondary N) is 2. The van der Waals surface area contributed by atoms with Gasteiger partial charge in [-0.3, -0.25) is 9.89 Å². The van der Waals surface area contributed by atoms with Gasteiger partial charge in [0.25, 0.3) is 5.91 Å². The molecule has 0 bridgehead atoms. The van der Waals surface area contributed by atoms with Crippen molar-refractivity contribution >= 4 is 11.6 Å². The highest BCUT2D eigenvalue weighted by molar-refractivity contribution is 5.97. The molecule has 0 saturated heterocycles. The summed E-state index contributed by atoms with van der Waals surface area (Å²) in [5.74, 6) is 1.21. The lowest BCUT2D eigenvalue weighted by Crippen LogP contribution is -2.27. The molecule has 0 fully saturated rings. The number of anilines is 1. The van der Waals surface area contributed by atoms with Crippen molar-refractivity contribution < 1.29 is 9.21 Å². The van der Waals surface area contributed by atoms with Crippen molar-refractivity contribution in [1.82, 2.24) is 15.5 Å². The van der Waals surface area contributed by atoms with Gasteiger partial charge in [-0.05, 0) is 26.0 Å². The van der Waals surface area contributed by atoms with E-state index < -0.39 is 0 Å². The van der Waals surface area contributed by atoms with Gasteiger partial charge in [0.05, 0.1) is 17.9 Å². The summed E-state index contributed by atoms with van der Waals surface area (Å²) in [5.41, 5.74) is 6.17. The summed E-state index contributed by atoms with van der Waals surface area (Å²) in [6.45, 7) is 3.69.